The molecule has 0 aliphatic heterocycles. The zero-order valence-corrected chi connectivity index (χ0v) is 14.9. The molecule has 1 aromatic carbocycles. The van der Waals surface area contributed by atoms with E-state index in [9.17, 15) is 9.59 Å². The summed E-state index contributed by atoms with van der Waals surface area (Å²) in [6.07, 6.45) is 1.65. The number of primary amides is 1. The van der Waals surface area contributed by atoms with Crippen molar-refractivity contribution >= 4 is 5.91 Å². The molecular weight excluding hydrogens is 328 g/mol. The Morgan fingerprint density at radius 1 is 1.12 bits per heavy atom. The van der Waals surface area contributed by atoms with E-state index in [-0.39, 0.29) is 11.5 Å². The number of benzene rings is 1. The van der Waals surface area contributed by atoms with Crippen molar-refractivity contribution in [1.29, 1.82) is 0 Å². The Balaban J connectivity index is 2.40. The van der Waals surface area contributed by atoms with Crippen LogP contribution in [0.4, 0.5) is 0 Å². The molecule has 0 radical (unpaired) electrons. The molecule has 2 heterocycles. The first-order valence-electron chi connectivity index (χ1n) is 8.35. The van der Waals surface area contributed by atoms with Gasteiger partial charge in [0, 0.05) is 11.8 Å². The molecule has 0 saturated carbocycles. The molecule has 0 bridgehead atoms. The van der Waals surface area contributed by atoms with Crippen molar-refractivity contribution < 1.29 is 4.79 Å². The van der Waals surface area contributed by atoms with Gasteiger partial charge in [0.15, 0.2) is 5.82 Å². The van der Waals surface area contributed by atoms with Crippen LogP contribution < -0.4 is 11.3 Å². The molecule has 0 fully saturated rings. The van der Waals surface area contributed by atoms with E-state index in [0.29, 0.717) is 17.1 Å². The van der Waals surface area contributed by atoms with E-state index in [4.69, 9.17) is 5.73 Å². The van der Waals surface area contributed by atoms with Gasteiger partial charge in [-0.25, -0.2) is 4.98 Å². The van der Waals surface area contributed by atoms with Gasteiger partial charge >= 0.3 is 0 Å². The maximum absolute atomic E-state index is 13.0. The molecule has 0 aliphatic carbocycles. The van der Waals surface area contributed by atoms with Gasteiger partial charge in [-0.15, -0.1) is 0 Å². The molecule has 2 aromatic heterocycles. The van der Waals surface area contributed by atoms with Crippen LogP contribution in [0, 0.1) is 6.92 Å². The van der Waals surface area contributed by atoms with Gasteiger partial charge in [-0.05, 0) is 30.0 Å². The maximum atomic E-state index is 13.0. The number of rotatable bonds is 4. The molecule has 0 saturated heterocycles. The SMILES string of the molecule is Cc1ccc(-n2nc(C(C)C)c(-c3ccccc3)c(C(N)=O)c2=O)nc1. The molecule has 3 rings (SSSR count). The number of hydrogen-bond acceptors (Lipinski definition) is 4. The molecule has 0 aliphatic rings. The van der Waals surface area contributed by atoms with Crippen molar-refractivity contribution in [3.63, 3.8) is 0 Å². The van der Waals surface area contributed by atoms with Crippen LogP contribution in [0.2, 0.25) is 0 Å². The number of carbonyl (C=O) groups is 1. The van der Waals surface area contributed by atoms with Crippen LogP contribution in [0.1, 0.15) is 41.4 Å². The van der Waals surface area contributed by atoms with Gasteiger partial charge in [0.25, 0.3) is 11.5 Å². The summed E-state index contributed by atoms with van der Waals surface area (Å²) in [6, 6.07) is 12.8. The summed E-state index contributed by atoms with van der Waals surface area (Å²) < 4.78 is 1.15. The van der Waals surface area contributed by atoms with Gasteiger partial charge < -0.3 is 5.73 Å². The lowest BCUT2D eigenvalue weighted by atomic mass is 9.94. The van der Waals surface area contributed by atoms with Crippen molar-refractivity contribution in [2.24, 2.45) is 5.73 Å². The average molecular weight is 348 g/mol. The van der Waals surface area contributed by atoms with E-state index in [1.165, 1.54) is 0 Å². The fourth-order valence-corrected chi connectivity index (χ4v) is 2.81. The lowest BCUT2D eigenvalue weighted by Gasteiger charge is -2.17. The van der Waals surface area contributed by atoms with Gasteiger partial charge in [-0.3, -0.25) is 9.59 Å². The Labute approximate surface area is 151 Å². The average Bonchev–Trinajstić information content (AvgIpc) is 2.62. The Kier molecular flexibility index (Phi) is 4.67. The molecule has 26 heavy (non-hydrogen) atoms. The van der Waals surface area contributed by atoms with Gasteiger partial charge in [-0.2, -0.15) is 9.78 Å². The number of nitrogens with two attached hydrogens (primary N) is 1. The Hall–Kier alpha value is -3.28. The summed E-state index contributed by atoms with van der Waals surface area (Å²) in [5.74, 6) is -0.454. The third-order valence-electron chi connectivity index (χ3n) is 4.09. The third kappa shape index (κ3) is 3.13. The molecule has 3 aromatic rings. The number of pyridine rings is 1. The minimum Gasteiger partial charge on any atom is -0.365 e. The second-order valence-electron chi connectivity index (χ2n) is 6.43. The molecule has 1 amide bonds. The maximum Gasteiger partial charge on any atom is 0.286 e. The number of carbonyl (C=O) groups excluding carboxylic acids is 1. The van der Waals surface area contributed by atoms with Crippen LogP contribution in [0.5, 0.6) is 0 Å². The highest BCUT2D eigenvalue weighted by molar-refractivity contribution is 6.00. The third-order valence-corrected chi connectivity index (χ3v) is 4.09. The number of hydrogen-bond donors (Lipinski definition) is 1. The normalized spacial score (nSPS) is 10.9. The van der Waals surface area contributed by atoms with Crippen LogP contribution in [0.15, 0.2) is 53.5 Å². The first kappa shape index (κ1) is 17.5. The fraction of sp³-hybridized carbons (Fsp3) is 0.200. The summed E-state index contributed by atoms with van der Waals surface area (Å²) in [6.45, 7) is 5.81. The van der Waals surface area contributed by atoms with Crippen LogP contribution in [0.3, 0.4) is 0 Å². The van der Waals surface area contributed by atoms with Crippen molar-refractivity contribution in [2.45, 2.75) is 26.7 Å². The predicted molar refractivity (Wildman–Crippen MR) is 100 cm³/mol. The van der Waals surface area contributed by atoms with Crippen molar-refractivity contribution in [3.8, 4) is 16.9 Å². The minimum atomic E-state index is -0.779. The van der Waals surface area contributed by atoms with Crippen molar-refractivity contribution in [2.75, 3.05) is 0 Å². The van der Waals surface area contributed by atoms with Crippen LogP contribution >= 0.6 is 0 Å². The molecule has 0 spiro atoms. The number of nitrogens with zero attached hydrogens (tertiary/aromatic N) is 3. The van der Waals surface area contributed by atoms with Crippen LogP contribution in [0.25, 0.3) is 16.9 Å². The van der Waals surface area contributed by atoms with E-state index in [1.54, 1.807) is 12.3 Å². The fourth-order valence-electron chi connectivity index (χ4n) is 2.81. The quantitative estimate of drug-likeness (QED) is 0.785. The topological polar surface area (TPSA) is 90.9 Å². The number of aromatic nitrogens is 3. The summed E-state index contributed by atoms with van der Waals surface area (Å²) in [7, 11) is 0. The Morgan fingerprint density at radius 2 is 1.81 bits per heavy atom. The monoisotopic (exact) mass is 348 g/mol. The lowest BCUT2D eigenvalue weighted by Crippen LogP contribution is -2.33. The summed E-state index contributed by atoms with van der Waals surface area (Å²) in [4.78, 5) is 29.5. The second kappa shape index (κ2) is 6.92. The molecule has 6 nitrogen and oxygen atoms in total. The largest absolute Gasteiger partial charge is 0.365 e. The minimum absolute atomic E-state index is 0.0272. The van der Waals surface area contributed by atoms with Gasteiger partial charge in [0.2, 0.25) is 0 Å². The van der Waals surface area contributed by atoms with Crippen LogP contribution in [-0.2, 0) is 0 Å². The smallest absolute Gasteiger partial charge is 0.286 e. The van der Waals surface area contributed by atoms with Crippen molar-refractivity contribution in [1.82, 2.24) is 14.8 Å². The highest BCUT2D eigenvalue weighted by atomic mass is 16.2. The highest BCUT2D eigenvalue weighted by Crippen LogP contribution is 2.29. The first-order chi connectivity index (χ1) is 12.4. The van der Waals surface area contributed by atoms with Gasteiger partial charge in [-0.1, -0.05) is 50.2 Å². The highest BCUT2D eigenvalue weighted by Gasteiger charge is 2.24. The molecule has 6 heteroatoms. The van der Waals surface area contributed by atoms with E-state index in [0.717, 1.165) is 15.8 Å². The molecule has 132 valence electrons. The number of amides is 1. The van der Waals surface area contributed by atoms with Gasteiger partial charge in [0.05, 0.1) is 5.69 Å². The molecule has 0 unspecified atom stereocenters. The first-order valence-corrected chi connectivity index (χ1v) is 8.35. The number of aryl methyl sites for hydroxylation is 1. The lowest BCUT2D eigenvalue weighted by molar-refractivity contribution is 0.0998. The molecule has 0 atom stereocenters. The summed E-state index contributed by atoms with van der Waals surface area (Å²) in [5, 5.41) is 4.52. The van der Waals surface area contributed by atoms with E-state index in [2.05, 4.69) is 10.1 Å². The van der Waals surface area contributed by atoms with E-state index >= 15 is 0 Å². The van der Waals surface area contributed by atoms with E-state index in [1.807, 2.05) is 57.2 Å². The van der Waals surface area contributed by atoms with E-state index < -0.39 is 11.5 Å². The zero-order valence-electron chi connectivity index (χ0n) is 14.9. The second-order valence-corrected chi connectivity index (χ2v) is 6.43. The Bertz CT molecular complexity index is 1010. The van der Waals surface area contributed by atoms with Gasteiger partial charge in [0.1, 0.15) is 5.56 Å². The zero-order chi connectivity index (χ0) is 18.8. The molecular formula is C20H20N4O2. The van der Waals surface area contributed by atoms with Crippen molar-refractivity contribution in [3.05, 3.63) is 75.8 Å². The molecule has 2 N–H and O–H groups in total. The standard InChI is InChI=1S/C20H20N4O2/c1-12(2)18-16(14-7-5-4-6-8-14)17(19(21)25)20(26)24(23-18)15-10-9-13(3)11-22-15/h4-12H,1-3H3,(H2,21,25). The summed E-state index contributed by atoms with van der Waals surface area (Å²) >= 11 is 0. The summed E-state index contributed by atoms with van der Waals surface area (Å²) in [5.41, 5.74) is 7.75. The Morgan fingerprint density at radius 3 is 2.35 bits per heavy atom. The van der Waals surface area contributed by atoms with Crippen LogP contribution in [-0.4, -0.2) is 20.7 Å². The predicted octanol–water partition coefficient (Wildman–Crippen LogP) is 2.83.